The van der Waals surface area contributed by atoms with Gasteiger partial charge in [0.15, 0.2) is 0 Å². The van der Waals surface area contributed by atoms with Crippen molar-refractivity contribution in [1.82, 2.24) is 9.88 Å². The van der Waals surface area contributed by atoms with Crippen LogP contribution in [0.5, 0.6) is 0 Å². The van der Waals surface area contributed by atoms with Crippen molar-refractivity contribution >= 4 is 16.6 Å². The lowest BCUT2D eigenvalue weighted by molar-refractivity contribution is 0.260. The standard InChI is InChI=1S/C26H27FN2O.C2H6/c1-5-8-17-15(4)29-13-20-18-10-7-9-16-14(3)21(27)12-22(25(16)18)28-26(20)23(29)11-19(17)24(30)6-2;1-2/h6,11-12,24,30H,2,4-5,7-10,13H2,1,3H3;1-2H3. The number of nitrogens with zero attached hydrogens (tertiary/aromatic N) is 2. The van der Waals surface area contributed by atoms with Crippen LogP contribution in [0, 0.1) is 12.7 Å². The Labute approximate surface area is 190 Å². The highest BCUT2D eigenvalue weighted by atomic mass is 19.1. The molecular weight excluding hydrogens is 399 g/mol. The number of benzene rings is 1. The second kappa shape index (κ2) is 8.67. The first-order chi connectivity index (χ1) is 15.5. The Bertz CT molecular complexity index is 1190. The highest BCUT2D eigenvalue weighted by Gasteiger charge is 2.36. The molecule has 0 radical (unpaired) electrons. The minimum absolute atomic E-state index is 0.178. The maximum atomic E-state index is 14.6. The topological polar surface area (TPSA) is 36.4 Å². The van der Waals surface area contributed by atoms with E-state index in [1.807, 2.05) is 26.8 Å². The Hall–Kier alpha value is -2.72. The average molecular weight is 433 g/mol. The Morgan fingerprint density at radius 3 is 2.66 bits per heavy atom. The maximum absolute atomic E-state index is 14.6. The van der Waals surface area contributed by atoms with Crippen LogP contribution in [0.15, 0.2) is 48.2 Å². The van der Waals surface area contributed by atoms with E-state index in [0.29, 0.717) is 0 Å². The van der Waals surface area contributed by atoms with Crippen LogP contribution in [-0.4, -0.2) is 21.1 Å². The Kier molecular flexibility index (Phi) is 6.09. The number of pyridine rings is 1. The minimum atomic E-state index is -0.743. The van der Waals surface area contributed by atoms with Gasteiger partial charge >= 0.3 is 0 Å². The van der Waals surface area contributed by atoms with E-state index in [0.717, 1.165) is 88.9 Å². The molecule has 1 N–H and O–H groups in total. The Morgan fingerprint density at radius 2 is 1.97 bits per heavy atom. The lowest BCUT2D eigenvalue weighted by Crippen LogP contribution is -2.23. The molecule has 1 aromatic carbocycles. The summed E-state index contributed by atoms with van der Waals surface area (Å²) in [5.74, 6) is -0.178. The number of aryl methyl sites for hydroxylation is 2. The molecule has 2 aromatic rings. The zero-order chi connectivity index (χ0) is 23.2. The van der Waals surface area contributed by atoms with Crippen molar-refractivity contribution in [2.45, 2.75) is 72.4 Å². The first-order valence-corrected chi connectivity index (χ1v) is 11.8. The van der Waals surface area contributed by atoms with Crippen molar-refractivity contribution in [3.8, 4) is 0 Å². The van der Waals surface area contributed by atoms with Crippen LogP contribution in [0.4, 0.5) is 4.39 Å². The van der Waals surface area contributed by atoms with Crippen LogP contribution in [0.3, 0.4) is 0 Å². The average Bonchev–Trinajstić information content (AvgIpc) is 3.19. The third-order valence-electron chi connectivity index (χ3n) is 6.88. The number of aliphatic hydroxyl groups is 1. The zero-order valence-electron chi connectivity index (χ0n) is 19.7. The molecule has 0 fully saturated rings. The van der Waals surface area contributed by atoms with E-state index in [9.17, 15) is 9.50 Å². The fraction of sp³-hybridized carbons (Fsp3) is 0.393. The van der Waals surface area contributed by atoms with Gasteiger partial charge in [-0.2, -0.15) is 0 Å². The predicted molar refractivity (Wildman–Crippen MR) is 131 cm³/mol. The van der Waals surface area contributed by atoms with Crippen molar-refractivity contribution in [3.63, 3.8) is 0 Å². The van der Waals surface area contributed by atoms with E-state index in [4.69, 9.17) is 4.98 Å². The molecule has 3 aliphatic rings. The van der Waals surface area contributed by atoms with Gasteiger partial charge in [-0.3, -0.25) is 0 Å². The normalized spacial score (nSPS) is 17.5. The van der Waals surface area contributed by atoms with E-state index in [-0.39, 0.29) is 5.82 Å². The van der Waals surface area contributed by atoms with Gasteiger partial charge in [0.25, 0.3) is 0 Å². The van der Waals surface area contributed by atoms with E-state index in [1.54, 1.807) is 12.1 Å². The summed E-state index contributed by atoms with van der Waals surface area (Å²) < 4.78 is 14.6. The quantitative estimate of drug-likeness (QED) is 0.559. The number of hydrogen-bond donors (Lipinski definition) is 1. The zero-order valence-corrected chi connectivity index (χ0v) is 19.7. The minimum Gasteiger partial charge on any atom is -0.384 e. The third-order valence-corrected chi connectivity index (χ3v) is 6.88. The van der Waals surface area contributed by atoms with E-state index in [2.05, 4.69) is 25.0 Å². The highest BCUT2D eigenvalue weighted by Crippen LogP contribution is 2.47. The molecule has 4 heteroatoms. The molecule has 3 nitrogen and oxygen atoms in total. The SMILES string of the molecule is C=CC(O)C1=C(CCC)C(=C)N2Cc3c(nc4cc(F)c(C)c5c4c3CCC5)C2=C1.CC. The van der Waals surface area contributed by atoms with Gasteiger partial charge in [0.1, 0.15) is 5.82 Å². The van der Waals surface area contributed by atoms with Gasteiger partial charge in [-0.05, 0) is 66.5 Å². The number of fused-ring (bicyclic) bond motifs is 4. The van der Waals surface area contributed by atoms with Gasteiger partial charge in [0.05, 0.1) is 29.6 Å². The highest BCUT2D eigenvalue weighted by molar-refractivity contribution is 5.92. The smallest absolute Gasteiger partial charge is 0.128 e. The first kappa shape index (κ1) is 22.5. The first-order valence-electron chi connectivity index (χ1n) is 11.8. The summed E-state index contributed by atoms with van der Waals surface area (Å²) in [5.41, 5.74) is 9.87. The summed E-state index contributed by atoms with van der Waals surface area (Å²) in [6.07, 6.45) is 7.61. The number of rotatable bonds is 4. The Morgan fingerprint density at radius 1 is 1.25 bits per heavy atom. The van der Waals surface area contributed by atoms with Gasteiger partial charge < -0.3 is 10.0 Å². The van der Waals surface area contributed by atoms with Gasteiger partial charge in [0.2, 0.25) is 0 Å². The molecule has 1 aliphatic carbocycles. The van der Waals surface area contributed by atoms with Gasteiger partial charge in [-0.25, -0.2) is 9.37 Å². The van der Waals surface area contributed by atoms with Crippen LogP contribution < -0.4 is 0 Å². The summed E-state index contributed by atoms with van der Waals surface area (Å²) in [5, 5.41) is 11.8. The molecule has 0 bridgehead atoms. The summed E-state index contributed by atoms with van der Waals surface area (Å²) in [7, 11) is 0. The summed E-state index contributed by atoms with van der Waals surface area (Å²) in [4.78, 5) is 7.17. The maximum Gasteiger partial charge on any atom is 0.128 e. The molecule has 0 saturated heterocycles. The van der Waals surface area contributed by atoms with Crippen LogP contribution in [0.25, 0.3) is 16.6 Å². The van der Waals surface area contributed by atoms with Gasteiger partial charge in [-0.15, -0.1) is 6.58 Å². The van der Waals surface area contributed by atoms with Crippen molar-refractivity contribution in [2.24, 2.45) is 0 Å². The lowest BCUT2D eigenvalue weighted by atomic mass is 9.85. The molecule has 1 atom stereocenters. The molecule has 0 spiro atoms. The van der Waals surface area contributed by atoms with Crippen LogP contribution in [0.2, 0.25) is 0 Å². The van der Waals surface area contributed by atoms with Gasteiger partial charge in [-0.1, -0.05) is 39.8 Å². The number of aliphatic hydroxyl groups excluding tert-OH is 1. The van der Waals surface area contributed by atoms with Crippen molar-refractivity contribution in [2.75, 3.05) is 0 Å². The fourth-order valence-corrected chi connectivity index (χ4v) is 5.36. The second-order valence-electron chi connectivity index (χ2n) is 8.55. The van der Waals surface area contributed by atoms with Gasteiger partial charge in [0, 0.05) is 22.7 Å². The second-order valence-corrected chi connectivity index (χ2v) is 8.55. The van der Waals surface area contributed by atoms with Crippen LogP contribution in [-0.2, 0) is 19.4 Å². The summed E-state index contributed by atoms with van der Waals surface area (Å²) >= 11 is 0. The lowest BCUT2D eigenvalue weighted by Gasteiger charge is -2.31. The molecule has 3 heterocycles. The molecule has 0 amide bonds. The number of allylic oxidation sites excluding steroid dienone is 1. The number of hydrogen-bond acceptors (Lipinski definition) is 3. The van der Waals surface area contributed by atoms with E-state index >= 15 is 0 Å². The molecule has 2 aliphatic heterocycles. The van der Waals surface area contributed by atoms with Crippen molar-refractivity contribution < 1.29 is 9.50 Å². The van der Waals surface area contributed by atoms with E-state index < -0.39 is 6.10 Å². The molecule has 1 unspecified atom stereocenters. The van der Waals surface area contributed by atoms with Crippen LogP contribution >= 0.6 is 0 Å². The monoisotopic (exact) mass is 432 g/mol. The third kappa shape index (κ3) is 3.24. The molecule has 1 aromatic heterocycles. The van der Waals surface area contributed by atoms with E-state index in [1.165, 1.54) is 11.1 Å². The molecular formula is C28H33FN2O. The largest absolute Gasteiger partial charge is 0.384 e. The summed E-state index contributed by atoms with van der Waals surface area (Å²) in [6, 6.07) is 1.59. The van der Waals surface area contributed by atoms with Crippen molar-refractivity contribution in [1.29, 1.82) is 0 Å². The number of halogens is 1. The van der Waals surface area contributed by atoms with Crippen molar-refractivity contribution in [3.05, 3.63) is 82.0 Å². The molecule has 32 heavy (non-hydrogen) atoms. The molecule has 5 rings (SSSR count). The summed E-state index contributed by atoms with van der Waals surface area (Å²) in [6.45, 7) is 16.9. The molecule has 168 valence electrons. The fourth-order valence-electron chi connectivity index (χ4n) is 5.36. The molecule has 0 saturated carbocycles. The van der Waals surface area contributed by atoms with Crippen LogP contribution in [0.1, 0.15) is 68.0 Å². The number of aromatic nitrogens is 1. The Balaban J connectivity index is 0.00000119. The predicted octanol–water partition coefficient (Wildman–Crippen LogP) is 6.52.